The van der Waals surface area contributed by atoms with Crippen molar-refractivity contribution < 1.29 is 4.79 Å². The summed E-state index contributed by atoms with van der Waals surface area (Å²) >= 11 is 0. The molecule has 8 nitrogen and oxygen atoms in total. The predicted molar refractivity (Wildman–Crippen MR) is 192 cm³/mol. The Bertz CT molecular complexity index is 2100. The Morgan fingerprint density at radius 3 is 1.90 bits per heavy atom. The van der Waals surface area contributed by atoms with Crippen LogP contribution in [0.1, 0.15) is 59.7 Å². The first-order valence-corrected chi connectivity index (χ1v) is 16.6. The summed E-state index contributed by atoms with van der Waals surface area (Å²) in [5, 5.41) is 15.3. The highest BCUT2D eigenvalue weighted by molar-refractivity contribution is 5.86. The number of H-pyrrole nitrogens is 2. The van der Waals surface area contributed by atoms with E-state index in [1.54, 1.807) is 13.8 Å². The number of aromatic amines is 2. The number of carbonyl (C=O) groups is 1. The quantitative estimate of drug-likeness (QED) is 0.116. The number of nitrogens with one attached hydrogen (secondary N) is 3. The van der Waals surface area contributed by atoms with Crippen LogP contribution in [0.3, 0.4) is 0 Å². The largest absolute Gasteiger partial charge is 0.361 e. The molecule has 1 amide bonds. The number of aryl methyl sites for hydroxylation is 2. The zero-order chi connectivity index (χ0) is 33.1. The third-order valence-corrected chi connectivity index (χ3v) is 9.22. The van der Waals surface area contributed by atoms with Crippen molar-refractivity contribution >= 4 is 27.7 Å². The van der Waals surface area contributed by atoms with Crippen LogP contribution in [0.15, 0.2) is 122 Å². The number of nitrogens with zero attached hydrogens (tertiary/aromatic N) is 3. The van der Waals surface area contributed by atoms with E-state index in [0.29, 0.717) is 25.2 Å². The smallest absolute Gasteiger partial charge is 0.240 e. The van der Waals surface area contributed by atoms with Crippen LogP contribution >= 0.6 is 0 Å². The number of fused-ring (bicyclic) bond motifs is 2. The summed E-state index contributed by atoms with van der Waals surface area (Å²) in [4.78, 5) is 20.3. The average Bonchev–Trinajstić information content (AvgIpc) is 3.83. The zero-order valence-corrected chi connectivity index (χ0v) is 27.4. The lowest BCUT2D eigenvalue weighted by Gasteiger charge is -2.26. The predicted octanol–water partition coefficient (Wildman–Crippen LogP) is 7.00. The van der Waals surface area contributed by atoms with Gasteiger partial charge in [-0.15, -0.1) is 10.2 Å². The molecule has 0 saturated carbocycles. The van der Waals surface area contributed by atoms with E-state index in [1.165, 1.54) is 22.1 Å². The third-order valence-electron chi connectivity index (χ3n) is 9.22. The van der Waals surface area contributed by atoms with Gasteiger partial charge in [0.05, 0.1) is 11.6 Å². The standard InChI is InChI=1S/C40H41N7O/c1-40(2,41)39(48)44-36(23-30-25-43-35-20-12-10-18-32(30)35)38-46-45-37(22-21-29-24-42-34-19-11-9-17-31(29)34)47(38)26-33(27-13-5-3-6-14-27)28-15-7-4-8-16-28/h3-20,24-25,33,36,42-43H,21-23,26,41H2,1-2H3,(H,44,48)/t36-/m1/s1. The monoisotopic (exact) mass is 635 g/mol. The fourth-order valence-electron chi connectivity index (χ4n) is 6.60. The minimum atomic E-state index is -1.07. The molecule has 0 radical (unpaired) electrons. The summed E-state index contributed by atoms with van der Waals surface area (Å²) in [5.74, 6) is 1.37. The van der Waals surface area contributed by atoms with Crippen LogP contribution in [0.4, 0.5) is 0 Å². The first-order valence-electron chi connectivity index (χ1n) is 16.6. The van der Waals surface area contributed by atoms with Crippen LogP contribution in [0.25, 0.3) is 21.8 Å². The van der Waals surface area contributed by atoms with Gasteiger partial charge in [0.25, 0.3) is 0 Å². The molecule has 4 aromatic carbocycles. The molecule has 1 atom stereocenters. The van der Waals surface area contributed by atoms with Gasteiger partial charge in [-0.25, -0.2) is 0 Å². The number of para-hydroxylation sites is 2. The van der Waals surface area contributed by atoms with Crippen molar-refractivity contribution in [2.45, 2.75) is 57.2 Å². The number of hydrogen-bond acceptors (Lipinski definition) is 4. The van der Waals surface area contributed by atoms with E-state index in [0.717, 1.165) is 34.2 Å². The summed E-state index contributed by atoms with van der Waals surface area (Å²) in [6.07, 6.45) is 6.10. The molecule has 0 aliphatic rings. The van der Waals surface area contributed by atoms with Gasteiger partial charge in [-0.2, -0.15) is 0 Å². The van der Waals surface area contributed by atoms with Crippen molar-refractivity contribution in [3.8, 4) is 0 Å². The Labute approximate surface area is 280 Å². The fraction of sp³-hybridized carbons (Fsp3) is 0.225. The van der Waals surface area contributed by atoms with Crippen LogP contribution in [0, 0.1) is 0 Å². The van der Waals surface area contributed by atoms with Crippen LogP contribution in [-0.4, -0.2) is 36.2 Å². The summed E-state index contributed by atoms with van der Waals surface area (Å²) in [6.45, 7) is 4.05. The Hall–Kier alpha value is -5.47. The topological polar surface area (TPSA) is 117 Å². The molecule has 0 fully saturated rings. The van der Waals surface area contributed by atoms with Crippen LogP contribution in [-0.2, 0) is 30.6 Å². The molecule has 242 valence electrons. The molecule has 0 spiro atoms. The number of aromatic nitrogens is 5. The lowest BCUT2D eigenvalue weighted by atomic mass is 9.91. The van der Waals surface area contributed by atoms with Crippen molar-refractivity contribution in [3.05, 3.63) is 155 Å². The minimum absolute atomic E-state index is 0.0318. The lowest BCUT2D eigenvalue weighted by molar-refractivity contribution is -0.126. The lowest BCUT2D eigenvalue weighted by Crippen LogP contribution is -2.50. The normalized spacial score (nSPS) is 12.6. The Morgan fingerprint density at radius 2 is 1.29 bits per heavy atom. The van der Waals surface area contributed by atoms with Crippen molar-refractivity contribution in [1.29, 1.82) is 0 Å². The third kappa shape index (κ3) is 6.52. The molecule has 0 aliphatic carbocycles. The Kier molecular flexibility index (Phi) is 8.65. The number of amides is 1. The van der Waals surface area contributed by atoms with Gasteiger partial charge in [0.1, 0.15) is 5.82 Å². The SMILES string of the molecule is CC(C)(N)C(=O)N[C@H](Cc1c[nH]c2ccccc12)c1nnc(CCc2c[nH]c3ccccc23)n1CC(c1ccccc1)c1ccccc1. The van der Waals surface area contributed by atoms with Gasteiger partial charge < -0.3 is 25.6 Å². The molecule has 48 heavy (non-hydrogen) atoms. The van der Waals surface area contributed by atoms with Crippen molar-refractivity contribution in [3.63, 3.8) is 0 Å². The van der Waals surface area contributed by atoms with Gasteiger partial charge in [0, 0.05) is 59.5 Å². The van der Waals surface area contributed by atoms with Gasteiger partial charge in [0.15, 0.2) is 5.82 Å². The van der Waals surface area contributed by atoms with E-state index in [-0.39, 0.29) is 11.8 Å². The summed E-state index contributed by atoms with van der Waals surface area (Å²) in [7, 11) is 0. The number of hydrogen-bond donors (Lipinski definition) is 4. The summed E-state index contributed by atoms with van der Waals surface area (Å²) < 4.78 is 2.24. The molecule has 7 rings (SSSR count). The molecule has 0 bridgehead atoms. The highest BCUT2D eigenvalue weighted by Crippen LogP contribution is 2.31. The van der Waals surface area contributed by atoms with E-state index in [2.05, 4.69) is 105 Å². The van der Waals surface area contributed by atoms with E-state index in [1.807, 2.05) is 36.5 Å². The van der Waals surface area contributed by atoms with Gasteiger partial charge in [-0.3, -0.25) is 4.79 Å². The maximum Gasteiger partial charge on any atom is 0.240 e. The molecule has 7 aromatic rings. The van der Waals surface area contributed by atoms with E-state index in [9.17, 15) is 4.79 Å². The Morgan fingerprint density at radius 1 is 0.750 bits per heavy atom. The second-order valence-corrected chi connectivity index (χ2v) is 13.1. The van der Waals surface area contributed by atoms with Gasteiger partial charge >= 0.3 is 0 Å². The average molecular weight is 636 g/mol. The second-order valence-electron chi connectivity index (χ2n) is 13.1. The molecule has 3 aromatic heterocycles. The van der Waals surface area contributed by atoms with E-state index in [4.69, 9.17) is 15.9 Å². The van der Waals surface area contributed by atoms with Crippen molar-refractivity contribution in [2.24, 2.45) is 5.73 Å². The number of carbonyl (C=O) groups excluding carboxylic acids is 1. The molecule has 3 heterocycles. The fourth-order valence-corrected chi connectivity index (χ4v) is 6.60. The molecule has 0 unspecified atom stereocenters. The highest BCUT2D eigenvalue weighted by Gasteiger charge is 2.31. The van der Waals surface area contributed by atoms with Crippen LogP contribution < -0.4 is 11.1 Å². The second kappa shape index (κ2) is 13.3. The van der Waals surface area contributed by atoms with Gasteiger partial charge in [-0.1, -0.05) is 97.1 Å². The molecular formula is C40H41N7O. The van der Waals surface area contributed by atoms with Gasteiger partial charge in [-0.05, 0) is 54.7 Å². The number of benzene rings is 4. The Balaban J connectivity index is 1.32. The first kappa shape index (κ1) is 31.1. The molecule has 0 aliphatic heterocycles. The number of nitrogens with two attached hydrogens (primary N) is 1. The minimum Gasteiger partial charge on any atom is -0.361 e. The summed E-state index contributed by atoms with van der Waals surface area (Å²) in [6, 6.07) is 37.2. The van der Waals surface area contributed by atoms with Crippen molar-refractivity contribution in [2.75, 3.05) is 0 Å². The number of rotatable bonds is 12. The zero-order valence-electron chi connectivity index (χ0n) is 27.4. The molecular weight excluding hydrogens is 594 g/mol. The van der Waals surface area contributed by atoms with Crippen LogP contribution in [0.5, 0.6) is 0 Å². The van der Waals surface area contributed by atoms with E-state index < -0.39 is 11.6 Å². The molecule has 8 heteroatoms. The highest BCUT2D eigenvalue weighted by atomic mass is 16.2. The van der Waals surface area contributed by atoms with Crippen LogP contribution in [0.2, 0.25) is 0 Å². The summed E-state index contributed by atoms with van der Waals surface area (Å²) in [5.41, 5.74) is 12.1. The maximum atomic E-state index is 13.5. The van der Waals surface area contributed by atoms with Gasteiger partial charge in [0.2, 0.25) is 5.91 Å². The maximum absolute atomic E-state index is 13.5. The molecule has 5 N–H and O–H groups in total. The van der Waals surface area contributed by atoms with Crippen molar-refractivity contribution in [1.82, 2.24) is 30.0 Å². The van der Waals surface area contributed by atoms with E-state index >= 15 is 0 Å². The first-order chi connectivity index (χ1) is 23.3. The molecule has 0 saturated heterocycles.